The molecule has 3 atom stereocenters. The lowest BCUT2D eigenvalue weighted by molar-refractivity contribution is -0.142. The van der Waals surface area contributed by atoms with Crippen LogP contribution in [0.4, 0.5) is 10.5 Å². The van der Waals surface area contributed by atoms with Crippen LogP contribution < -0.4 is 10.6 Å². The Labute approximate surface area is 245 Å². The van der Waals surface area contributed by atoms with Gasteiger partial charge in [-0.2, -0.15) is 0 Å². The number of phenolic OH excluding ortho intramolecular Hbond substituents is 1. The number of rotatable bonds is 13. The van der Waals surface area contributed by atoms with E-state index in [1.165, 1.54) is 12.1 Å². The average Bonchev–Trinajstić information content (AvgIpc) is 2.89. The van der Waals surface area contributed by atoms with Crippen molar-refractivity contribution in [2.24, 2.45) is 5.92 Å². The van der Waals surface area contributed by atoms with E-state index >= 15 is 0 Å². The molecule has 0 saturated carbocycles. The van der Waals surface area contributed by atoms with Crippen molar-refractivity contribution in [1.29, 1.82) is 0 Å². The third-order valence-corrected chi connectivity index (χ3v) is 7.16. The first-order valence-electron chi connectivity index (χ1n) is 14.7. The number of nitrogens with zero attached hydrogens (tertiary/aromatic N) is 1. The third kappa shape index (κ3) is 10.1. The van der Waals surface area contributed by atoms with Gasteiger partial charge in [0.2, 0.25) is 5.91 Å². The van der Waals surface area contributed by atoms with Crippen molar-refractivity contribution in [2.45, 2.75) is 105 Å². The van der Waals surface area contributed by atoms with Crippen molar-refractivity contribution in [3.63, 3.8) is 0 Å². The summed E-state index contributed by atoms with van der Waals surface area (Å²) in [7, 11) is 0. The number of hydrogen-bond acceptors (Lipinski definition) is 5. The van der Waals surface area contributed by atoms with Crippen LogP contribution in [0, 0.1) is 19.8 Å². The molecular weight excluding hydrogens is 518 g/mol. The number of hydrogen-bond donors (Lipinski definition) is 3. The number of unbranched alkanes of at least 4 members (excludes halogenated alkanes) is 3. The smallest absolute Gasteiger partial charge is 0.408 e. The number of phenols is 1. The minimum Gasteiger partial charge on any atom is -0.508 e. The van der Waals surface area contributed by atoms with Crippen LogP contribution >= 0.6 is 0 Å². The lowest BCUT2D eigenvalue weighted by Crippen LogP contribution is -2.55. The molecule has 2 rings (SSSR count). The normalized spacial score (nSPS) is 13.6. The third-order valence-electron chi connectivity index (χ3n) is 7.16. The summed E-state index contributed by atoms with van der Waals surface area (Å²) in [5, 5.41) is 16.2. The summed E-state index contributed by atoms with van der Waals surface area (Å²) in [6.07, 6.45) is 3.53. The molecule has 0 aliphatic carbocycles. The highest BCUT2D eigenvalue weighted by atomic mass is 16.6. The number of aryl methyl sites for hydroxylation is 2. The quantitative estimate of drug-likeness (QED) is 0.225. The summed E-state index contributed by atoms with van der Waals surface area (Å²) in [4.78, 5) is 42.9. The molecule has 3 unspecified atom stereocenters. The number of ether oxygens (including phenoxy) is 1. The first-order valence-corrected chi connectivity index (χ1v) is 14.7. The molecule has 0 aliphatic rings. The maximum absolute atomic E-state index is 14.4. The fraction of sp³-hybridized carbons (Fsp3) is 0.545. The maximum atomic E-state index is 14.4. The number of anilines is 1. The maximum Gasteiger partial charge on any atom is 0.408 e. The lowest BCUT2D eigenvalue weighted by Gasteiger charge is -2.36. The highest BCUT2D eigenvalue weighted by molar-refractivity contribution is 6.00. The summed E-state index contributed by atoms with van der Waals surface area (Å²) in [5.74, 6) is -0.987. The van der Waals surface area contributed by atoms with Crippen LogP contribution in [-0.4, -0.2) is 46.1 Å². The molecule has 0 aromatic heterocycles. The monoisotopic (exact) mass is 567 g/mol. The highest BCUT2D eigenvalue weighted by Crippen LogP contribution is 2.30. The van der Waals surface area contributed by atoms with Crippen LogP contribution in [0.5, 0.6) is 5.75 Å². The van der Waals surface area contributed by atoms with E-state index in [1.807, 2.05) is 45.9 Å². The van der Waals surface area contributed by atoms with Gasteiger partial charge >= 0.3 is 6.09 Å². The Bertz CT molecular complexity index is 1150. The Kier molecular flexibility index (Phi) is 12.7. The number of aromatic hydroxyl groups is 1. The molecule has 0 fully saturated rings. The Morgan fingerprint density at radius 3 is 2.17 bits per heavy atom. The first-order chi connectivity index (χ1) is 19.3. The first kappa shape index (κ1) is 33.7. The second-order valence-electron chi connectivity index (χ2n) is 11.9. The van der Waals surface area contributed by atoms with Crippen molar-refractivity contribution < 1.29 is 24.2 Å². The molecule has 2 aromatic carbocycles. The number of para-hydroxylation sites is 1. The van der Waals surface area contributed by atoms with Crippen molar-refractivity contribution in [3.8, 4) is 5.75 Å². The second-order valence-corrected chi connectivity index (χ2v) is 11.9. The molecule has 0 aliphatic heterocycles. The van der Waals surface area contributed by atoms with Gasteiger partial charge in [-0.3, -0.25) is 9.59 Å². The summed E-state index contributed by atoms with van der Waals surface area (Å²) in [6.45, 7) is 15.4. The number of amides is 3. The predicted octanol–water partition coefficient (Wildman–Crippen LogP) is 7.04. The molecule has 41 heavy (non-hydrogen) atoms. The van der Waals surface area contributed by atoms with E-state index in [4.69, 9.17) is 4.74 Å². The van der Waals surface area contributed by atoms with Gasteiger partial charge in [0.1, 0.15) is 23.4 Å². The molecule has 226 valence electrons. The van der Waals surface area contributed by atoms with Gasteiger partial charge in [0, 0.05) is 12.2 Å². The number of alkyl carbamates (subject to hydrolysis) is 1. The minimum absolute atomic E-state index is 0.00360. The molecule has 0 bridgehead atoms. The zero-order valence-electron chi connectivity index (χ0n) is 26.0. The summed E-state index contributed by atoms with van der Waals surface area (Å²) >= 11 is 0. The van der Waals surface area contributed by atoms with Crippen molar-refractivity contribution in [3.05, 3.63) is 59.2 Å². The van der Waals surface area contributed by atoms with E-state index in [1.54, 1.807) is 37.8 Å². The number of benzene rings is 2. The molecule has 8 nitrogen and oxygen atoms in total. The zero-order chi connectivity index (χ0) is 30.7. The van der Waals surface area contributed by atoms with Crippen molar-refractivity contribution >= 4 is 23.6 Å². The Morgan fingerprint density at radius 2 is 1.61 bits per heavy atom. The fourth-order valence-corrected chi connectivity index (χ4v) is 4.74. The lowest BCUT2D eigenvalue weighted by atomic mass is 9.95. The average molecular weight is 568 g/mol. The van der Waals surface area contributed by atoms with Crippen molar-refractivity contribution in [1.82, 2.24) is 10.2 Å². The molecule has 0 spiro atoms. The molecule has 8 heteroatoms. The van der Waals surface area contributed by atoms with Crippen LogP contribution in [0.1, 0.15) is 96.4 Å². The fourth-order valence-electron chi connectivity index (χ4n) is 4.74. The van der Waals surface area contributed by atoms with Crippen LogP contribution in [0.25, 0.3) is 0 Å². The van der Waals surface area contributed by atoms with Crippen LogP contribution in [-0.2, 0) is 14.3 Å². The van der Waals surface area contributed by atoms with Gasteiger partial charge in [-0.25, -0.2) is 4.79 Å². The molecule has 0 radical (unpaired) electrons. The van der Waals surface area contributed by atoms with E-state index in [0.29, 0.717) is 30.6 Å². The van der Waals surface area contributed by atoms with Gasteiger partial charge in [-0.15, -0.1) is 0 Å². The summed E-state index contributed by atoms with van der Waals surface area (Å²) in [5.41, 5.74) is 2.24. The standard InChI is InChI=1S/C33H49N3O5/c1-9-11-12-13-20-36(31(39)28(22(3)10-2)35-32(40)41-33(6,7)8)29(25-18-15-19-26(37)21-25)30(38)34-27-23(4)16-14-17-24(27)5/h14-19,21-22,28-29,37H,9-13,20H2,1-8H3,(H,34,38)(H,35,40). The molecule has 3 N–H and O–H groups in total. The Balaban J connectivity index is 2.60. The van der Waals surface area contributed by atoms with Crippen LogP contribution in [0.3, 0.4) is 0 Å². The Hall–Kier alpha value is -3.55. The van der Waals surface area contributed by atoms with Gasteiger partial charge in [0.05, 0.1) is 0 Å². The SMILES string of the molecule is CCCCCCN(C(=O)C(NC(=O)OC(C)(C)C)C(C)CC)C(C(=O)Nc1c(C)cccc1C)c1cccc(O)c1. The van der Waals surface area contributed by atoms with E-state index in [2.05, 4.69) is 17.6 Å². The molecule has 0 heterocycles. The minimum atomic E-state index is -1.04. The van der Waals surface area contributed by atoms with Gasteiger partial charge in [0.15, 0.2) is 0 Å². The number of carbonyl (C=O) groups excluding carboxylic acids is 3. The van der Waals surface area contributed by atoms with Gasteiger partial charge < -0.3 is 25.4 Å². The molecule has 2 aromatic rings. The van der Waals surface area contributed by atoms with Crippen molar-refractivity contribution in [2.75, 3.05) is 11.9 Å². The van der Waals surface area contributed by atoms with E-state index in [-0.39, 0.29) is 17.6 Å². The number of carbonyl (C=O) groups is 3. The summed E-state index contributed by atoms with van der Waals surface area (Å²) < 4.78 is 5.49. The molecule has 3 amide bonds. The molecule has 0 saturated heterocycles. The summed E-state index contributed by atoms with van der Waals surface area (Å²) in [6, 6.07) is 10.3. The predicted molar refractivity (Wildman–Crippen MR) is 164 cm³/mol. The highest BCUT2D eigenvalue weighted by Gasteiger charge is 2.38. The van der Waals surface area contributed by atoms with E-state index in [0.717, 1.165) is 30.4 Å². The Morgan fingerprint density at radius 1 is 0.976 bits per heavy atom. The largest absolute Gasteiger partial charge is 0.508 e. The zero-order valence-corrected chi connectivity index (χ0v) is 26.0. The second kappa shape index (κ2) is 15.5. The topological polar surface area (TPSA) is 108 Å². The van der Waals surface area contributed by atoms with Crippen LogP contribution in [0.15, 0.2) is 42.5 Å². The van der Waals surface area contributed by atoms with Gasteiger partial charge in [-0.1, -0.05) is 76.8 Å². The van der Waals surface area contributed by atoms with E-state index < -0.39 is 29.7 Å². The van der Waals surface area contributed by atoms with Gasteiger partial charge in [-0.05, 0) is 75.8 Å². The molecular formula is C33H49N3O5. The van der Waals surface area contributed by atoms with E-state index in [9.17, 15) is 19.5 Å². The van der Waals surface area contributed by atoms with Crippen LogP contribution in [0.2, 0.25) is 0 Å². The van der Waals surface area contributed by atoms with Gasteiger partial charge in [0.25, 0.3) is 5.91 Å². The number of nitrogens with one attached hydrogen (secondary N) is 2.